The first-order chi connectivity index (χ1) is 7.47. The van der Waals surface area contributed by atoms with E-state index < -0.39 is 10.0 Å². The molecule has 16 heavy (non-hydrogen) atoms. The molecule has 0 radical (unpaired) electrons. The molecule has 0 bridgehead atoms. The van der Waals surface area contributed by atoms with E-state index in [1.54, 1.807) is 18.2 Å². The van der Waals surface area contributed by atoms with Crippen molar-refractivity contribution in [2.45, 2.75) is 18.2 Å². The highest BCUT2D eigenvalue weighted by atomic mass is 32.2. The lowest BCUT2D eigenvalue weighted by atomic mass is 10.2. The van der Waals surface area contributed by atoms with E-state index in [9.17, 15) is 8.42 Å². The van der Waals surface area contributed by atoms with E-state index in [2.05, 4.69) is 11.3 Å². The normalized spacial score (nSPS) is 11.3. The standard InChI is InChI=1S/C11H16N2O2S/c1-3-4-7-13-16(14,15)10-6-5-9(2)11(12)8-10/h3,5-6,8,13H,1,4,7,12H2,2H3. The lowest BCUT2D eigenvalue weighted by Crippen LogP contribution is -2.24. The molecule has 1 aromatic carbocycles. The van der Waals surface area contributed by atoms with Gasteiger partial charge in [0.25, 0.3) is 0 Å². The van der Waals surface area contributed by atoms with E-state index in [0.717, 1.165) is 5.56 Å². The third-order valence-electron chi connectivity index (χ3n) is 2.20. The van der Waals surface area contributed by atoms with E-state index in [4.69, 9.17) is 5.73 Å². The molecule has 0 fully saturated rings. The molecule has 0 aliphatic carbocycles. The van der Waals surface area contributed by atoms with Crippen LogP contribution >= 0.6 is 0 Å². The van der Waals surface area contributed by atoms with Gasteiger partial charge in [0.2, 0.25) is 10.0 Å². The first kappa shape index (κ1) is 12.7. The zero-order chi connectivity index (χ0) is 12.2. The fourth-order valence-corrected chi connectivity index (χ4v) is 2.25. The Balaban J connectivity index is 2.90. The van der Waals surface area contributed by atoms with Crippen molar-refractivity contribution in [2.24, 2.45) is 0 Å². The molecule has 0 saturated carbocycles. The third kappa shape index (κ3) is 3.08. The van der Waals surface area contributed by atoms with Crippen molar-refractivity contribution in [2.75, 3.05) is 12.3 Å². The fraction of sp³-hybridized carbons (Fsp3) is 0.273. The Morgan fingerprint density at radius 3 is 2.75 bits per heavy atom. The number of rotatable bonds is 5. The molecule has 4 nitrogen and oxygen atoms in total. The van der Waals surface area contributed by atoms with Gasteiger partial charge >= 0.3 is 0 Å². The van der Waals surface area contributed by atoms with Crippen LogP contribution in [0, 0.1) is 6.92 Å². The summed E-state index contributed by atoms with van der Waals surface area (Å²) in [7, 11) is -3.45. The Hall–Kier alpha value is -1.33. The van der Waals surface area contributed by atoms with E-state index >= 15 is 0 Å². The predicted molar refractivity (Wildman–Crippen MR) is 65.6 cm³/mol. The maximum absolute atomic E-state index is 11.8. The van der Waals surface area contributed by atoms with E-state index in [-0.39, 0.29) is 4.90 Å². The van der Waals surface area contributed by atoms with Gasteiger partial charge in [0.05, 0.1) is 4.90 Å². The molecule has 0 heterocycles. The maximum Gasteiger partial charge on any atom is 0.240 e. The minimum atomic E-state index is -3.45. The van der Waals surface area contributed by atoms with Gasteiger partial charge in [-0.25, -0.2) is 13.1 Å². The molecule has 0 amide bonds. The van der Waals surface area contributed by atoms with Crippen molar-refractivity contribution >= 4 is 15.7 Å². The average molecular weight is 240 g/mol. The first-order valence-corrected chi connectivity index (χ1v) is 6.42. The third-order valence-corrected chi connectivity index (χ3v) is 3.66. The van der Waals surface area contributed by atoms with Gasteiger partial charge in [0.1, 0.15) is 0 Å². The number of nitrogen functional groups attached to an aromatic ring is 1. The van der Waals surface area contributed by atoms with Crippen molar-refractivity contribution in [1.29, 1.82) is 0 Å². The van der Waals surface area contributed by atoms with Gasteiger partial charge in [-0.1, -0.05) is 12.1 Å². The number of nitrogens with one attached hydrogen (secondary N) is 1. The number of nitrogens with two attached hydrogens (primary N) is 1. The minimum absolute atomic E-state index is 0.194. The zero-order valence-electron chi connectivity index (χ0n) is 9.23. The molecule has 1 aromatic rings. The summed E-state index contributed by atoms with van der Waals surface area (Å²) in [6.07, 6.45) is 2.26. The van der Waals surface area contributed by atoms with E-state index in [1.807, 2.05) is 6.92 Å². The highest BCUT2D eigenvalue weighted by molar-refractivity contribution is 7.89. The zero-order valence-corrected chi connectivity index (χ0v) is 10.0. The van der Waals surface area contributed by atoms with Gasteiger partial charge in [-0.05, 0) is 31.0 Å². The van der Waals surface area contributed by atoms with Crippen LogP contribution in [0.5, 0.6) is 0 Å². The summed E-state index contributed by atoms with van der Waals surface area (Å²) in [5.41, 5.74) is 7.01. The van der Waals surface area contributed by atoms with Gasteiger partial charge in [-0.2, -0.15) is 0 Å². The largest absolute Gasteiger partial charge is 0.398 e. The maximum atomic E-state index is 11.8. The van der Waals surface area contributed by atoms with Crippen LogP contribution < -0.4 is 10.5 Å². The first-order valence-electron chi connectivity index (χ1n) is 4.94. The summed E-state index contributed by atoms with van der Waals surface area (Å²) >= 11 is 0. The smallest absolute Gasteiger partial charge is 0.240 e. The van der Waals surface area contributed by atoms with Gasteiger partial charge in [-0.15, -0.1) is 6.58 Å². The predicted octanol–water partition coefficient (Wildman–Crippen LogP) is 1.43. The molecule has 0 atom stereocenters. The molecule has 0 spiro atoms. The number of sulfonamides is 1. The van der Waals surface area contributed by atoms with Crippen molar-refractivity contribution < 1.29 is 8.42 Å². The average Bonchev–Trinajstić information content (AvgIpc) is 2.22. The van der Waals surface area contributed by atoms with Crippen LogP contribution in [0.15, 0.2) is 35.7 Å². The van der Waals surface area contributed by atoms with Crippen LogP contribution in [0.25, 0.3) is 0 Å². The monoisotopic (exact) mass is 240 g/mol. The Morgan fingerprint density at radius 1 is 1.50 bits per heavy atom. The van der Waals surface area contributed by atoms with Crippen LogP contribution in [-0.2, 0) is 10.0 Å². The van der Waals surface area contributed by atoms with Crippen molar-refractivity contribution in [3.63, 3.8) is 0 Å². The summed E-state index contributed by atoms with van der Waals surface area (Å²) in [5.74, 6) is 0. The summed E-state index contributed by atoms with van der Waals surface area (Å²) in [6.45, 7) is 5.70. The molecule has 1 rings (SSSR count). The highest BCUT2D eigenvalue weighted by Gasteiger charge is 2.13. The molecule has 0 unspecified atom stereocenters. The van der Waals surface area contributed by atoms with Crippen LogP contribution in [0.2, 0.25) is 0 Å². The van der Waals surface area contributed by atoms with Gasteiger partial charge in [-0.3, -0.25) is 0 Å². The SMILES string of the molecule is C=CCCNS(=O)(=O)c1ccc(C)c(N)c1. The lowest BCUT2D eigenvalue weighted by Gasteiger charge is -2.07. The number of hydrogen-bond donors (Lipinski definition) is 2. The van der Waals surface area contributed by atoms with Crippen LogP contribution in [0.3, 0.4) is 0 Å². The summed E-state index contributed by atoms with van der Waals surface area (Å²) in [4.78, 5) is 0.194. The molecule has 0 aliphatic heterocycles. The summed E-state index contributed by atoms with van der Waals surface area (Å²) in [6, 6.07) is 4.70. The minimum Gasteiger partial charge on any atom is -0.398 e. The van der Waals surface area contributed by atoms with Crippen molar-refractivity contribution in [3.05, 3.63) is 36.4 Å². The topological polar surface area (TPSA) is 72.2 Å². The summed E-state index contributed by atoms with van der Waals surface area (Å²) in [5, 5.41) is 0. The van der Waals surface area contributed by atoms with Gasteiger partial charge in [0.15, 0.2) is 0 Å². The molecule has 0 saturated heterocycles. The van der Waals surface area contributed by atoms with Crippen molar-refractivity contribution in [3.8, 4) is 0 Å². The second-order valence-electron chi connectivity index (χ2n) is 3.49. The van der Waals surface area contributed by atoms with E-state index in [0.29, 0.717) is 18.7 Å². The molecular weight excluding hydrogens is 224 g/mol. The quantitative estimate of drug-likeness (QED) is 0.464. The van der Waals surface area contributed by atoms with Crippen LogP contribution in [0.1, 0.15) is 12.0 Å². The Kier molecular flexibility index (Phi) is 4.09. The molecule has 0 aromatic heterocycles. The van der Waals surface area contributed by atoms with Crippen molar-refractivity contribution in [1.82, 2.24) is 4.72 Å². The van der Waals surface area contributed by atoms with Crippen LogP contribution in [-0.4, -0.2) is 15.0 Å². The Labute approximate surface area is 96.2 Å². The van der Waals surface area contributed by atoms with Gasteiger partial charge in [0, 0.05) is 12.2 Å². The second kappa shape index (κ2) is 5.14. The Morgan fingerprint density at radius 2 is 2.19 bits per heavy atom. The lowest BCUT2D eigenvalue weighted by molar-refractivity contribution is 0.582. The number of hydrogen-bond acceptors (Lipinski definition) is 3. The van der Waals surface area contributed by atoms with Gasteiger partial charge < -0.3 is 5.73 Å². The molecule has 88 valence electrons. The Bertz CT molecular complexity index is 481. The molecule has 3 N–H and O–H groups in total. The molecular formula is C11H16N2O2S. The number of benzene rings is 1. The second-order valence-corrected chi connectivity index (χ2v) is 5.26. The number of anilines is 1. The number of aryl methyl sites for hydroxylation is 1. The molecule has 5 heteroatoms. The fourth-order valence-electron chi connectivity index (χ4n) is 1.16. The highest BCUT2D eigenvalue weighted by Crippen LogP contribution is 2.16. The van der Waals surface area contributed by atoms with E-state index in [1.165, 1.54) is 6.07 Å². The van der Waals surface area contributed by atoms with Crippen LogP contribution in [0.4, 0.5) is 5.69 Å². The molecule has 0 aliphatic rings. The summed E-state index contributed by atoms with van der Waals surface area (Å²) < 4.78 is 26.0.